The maximum atomic E-state index is 11.2. The van der Waals surface area contributed by atoms with Crippen molar-refractivity contribution < 1.29 is 14.3 Å². The molecule has 1 aliphatic rings. The SMILES string of the molecule is CCc1ccc(OC2CCOC2=O)c(N)c1. The first-order chi connectivity index (χ1) is 7.70. The summed E-state index contributed by atoms with van der Waals surface area (Å²) in [5, 5.41) is 0. The predicted octanol–water partition coefficient (Wildman–Crippen LogP) is 1.53. The molecule has 0 amide bonds. The standard InChI is InChI=1S/C12H15NO3/c1-2-8-3-4-10(9(13)7-8)16-11-5-6-15-12(11)14/h3-4,7,11H,2,5-6,13H2,1H3. The van der Waals surface area contributed by atoms with Crippen LogP contribution in [0.1, 0.15) is 18.9 Å². The van der Waals surface area contributed by atoms with Crippen LogP contribution in [0.2, 0.25) is 0 Å². The quantitative estimate of drug-likeness (QED) is 0.621. The van der Waals surface area contributed by atoms with E-state index in [-0.39, 0.29) is 5.97 Å². The molecule has 1 heterocycles. The van der Waals surface area contributed by atoms with Crippen LogP contribution in [0.3, 0.4) is 0 Å². The van der Waals surface area contributed by atoms with Crippen LogP contribution < -0.4 is 10.5 Å². The van der Waals surface area contributed by atoms with Gasteiger partial charge in [-0.15, -0.1) is 0 Å². The molecule has 0 bridgehead atoms. The van der Waals surface area contributed by atoms with Gasteiger partial charge < -0.3 is 15.2 Å². The van der Waals surface area contributed by atoms with E-state index in [1.54, 1.807) is 6.07 Å². The van der Waals surface area contributed by atoms with Crippen LogP contribution >= 0.6 is 0 Å². The highest BCUT2D eigenvalue weighted by Gasteiger charge is 2.28. The van der Waals surface area contributed by atoms with Gasteiger partial charge >= 0.3 is 5.97 Å². The van der Waals surface area contributed by atoms with Crippen molar-refractivity contribution in [3.8, 4) is 5.75 Å². The molecule has 0 spiro atoms. The van der Waals surface area contributed by atoms with Gasteiger partial charge in [-0.25, -0.2) is 4.79 Å². The molecule has 2 rings (SSSR count). The maximum absolute atomic E-state index is 11.2. The molecule has 0 saturated carbocycles. The molecule has 4 heteroatoms. The highest BCUT2D eigenvalue weighted by atomic mass is 16.6. The maximum Gasteiger partial charge on any atom is 0.347 e. The average molecular weight is 221 g/mol. The second-order valence-corrected chi connectivity index (χ2v) is 3.79. The number of aryl methyl sites for hydroxylation is 1. The van der Waals surface area contributed by atoms with E-state index in [1.807, 2.05) is 12.1 Å². The minimum Gasteiger partial charge on any atom is -0.476 e. The van der Waals surface area contributed by atoms with Crippen molar-refractivity contribution in [1.29, 1.82) is 0 Å². The van der Waals surface area contributed by atoms with Gasteiger partial charge in [-0.05, 0) is 24.1 Å². The fourth-order valence-electron chi connectivity index (χ4n) is 1.66. The van der Waals surface area contributed by atoms with E-state index in [0.717, 1.165) is 12.0 Å². The third-order valence-corrected chi connectivity index (χ3v) is 2.64. The first kappa shape index (κ1) is 10.8. The number of benzene rings is 1. The van der Waals surface area contributed by atoms with E-state index in [9.17, 15) is 4.79 Å². The number of nitrogens with two attached hydrogens (primary N) is 1. The summed E-state index contributed by atoms with van der Waals surface area (Å²) >= 11 is 0. The summed E-state index contributed by atoms with van der Waals surface area (Å²) in [7, 11) is 0. The lowest BCUT2D eigenvalue weighted by Gasteiger charge is -2.12. The van der Waals surface area contributed by atoms with E-state index < -0.39 is 6.10 Å². The van der Waals surface area contributed by atoms with Crippen molar-refractivity contribution in [3.05, 3.63) is 23.8 Å². The number of hydrogen-bond donors (Lipinski definition) is 1. The molecule has 1 aliphatic heterocycles. The van der Waals surface area contributed by atoms with Crippen molar-refractivity contribution >= 4 is 11.7 Å². The van der Waals surface area contributed by atoms with Crippen LogP contribution in [0.25, 0.3) is 0 Å². The number of hydrogen-bond acceptors (Lipinski definition) is 4. The lowest BCUT2D eigenvalue weighted by Crippen LogP contribution is -2.22. The molecule has 0 aliphatic carbocycles. The number of carbonyl (C=O) groups is 1. The van der Waals surface area contributed by atoms with Crippen LogP contribution in [-0.4, -0.2) is 18.7 Å². The number of cyclic esters (lactones) is 1. The van der Waals surface area contributed by atoms with Crippen molar-refractivity contribution in [2.24, 2.45) is 0 Å². The molecular formula is C12H15NO3. The molecule has 2 N–H and O–H groups in total. The van der Waals surface area contributed by atoms with Crippen LogP contribution in [0, 0.1) is 0 Å². The Morgan fingerprint density at radius 3 is 2.94 bits per heavy atom. The Hall–Kier alpha value is -1.71. The van der Waals surface area contributed by atoms with Gasteiger partial charge in [-0.1, -0.05) is 13.0 Å². The molecular weight excluding hydrogens is 206 g/mol. The minimum absolute atomic E-state index is 0.307. The molecule has 4 nitrogen and oxygen atoms in total. The van der Waals surface area contributed by atoms with Gasteiger partial charge in [-0.3, -0.25) is 0 Å². The smallest absolute Gasteiger partial charge is 0.347 e. The zero-order chi connectivity index (χ0) is 11.5. The van der Waals surface area contributed by atoms with E-state index in [1.165, 1.54) is 0 Å². The van der Waals surface area contributed by atoms with Gasteiger partial charge in [-0.2, -0.15) is 0 Å². The highest BCUT2D eigenvalue weighted by Crippen LogP contribution is 2.25. The van der Waals surface area contributed by atoms with E-state index >= 15 is 0 Å². The average Bonchev–Trinajstić information content (AvgIpc) is 2.67. The number of anilines is 1. The number of rotatable bonds is 3. The first-order valence-electron chi connectivity index (χ1n) is 5.42. The van der Waals surface area contributed by atoms with E-state index in [0.29, 0.717) is 24.5 Å². The third kappa shape index (κ3) is 2.10. The zero-order valence-electron chi connectivity index (χ0n) is 9.23. The Balaban J connectivity index is 2.12. The molecule has 16 heavy (non-hydrogen) atoms. The van der Waals surface area contributed by atoms with Gasteiger partial charge in [0, 0.05) is 6.42 Å². The molecule has 1 unspecified atom stereocenters. The molecule has 1 atom stereocenters. The number of carbonyl (C=O) groups excluding carboxylic acids is 1. The summed E-state index contributed by atoms with van der Waals surface area (Å²) in [5.74, 6) is 0.250. The Morgan fingerprint density at radius 1 is 1.56 bits per heavy atom. The fourth-order valence-corrected chi connectivity index (χ4v) is 1.66. The summed E-state index contributed by atoms with van der Waals surface area (Å²) < 4.78 is 10.3. The third-order valence-electron chi connectivity index (χ3n) is 2.64. The number of nitrogen functional groups attached to an aromatic ring is 1. The molecule has 1 aromatic rings. The van der Waals surface area contributed by atoms with Gasteiger partial charge in [0.2, 0.25) is 0 Å². The second-order valence-electron chi connectivity index (χ2n) is 3.79. The van der Waals surface area contributed by atoms with Crippen molar-refractivity contribution in [3.63, 3.8) is 0 Å². The number of ether oxygens (including phenoxy) is 2. The topological polar surface area (TPSA) is 61.5 Å². The van der Waals surface area contributed by atoms with E-state index in [2.05, 4.69) is 6.92 Å². The van der Waals surface area contributed by atoms with Gasteiger partial charge in [0.05, 0.1) is 12.3 Å². The van der Waals surface area contributed by atoms with Crippen LogP contribution in [-0.2, 0) is 16.0 Å². The summed E-state index contributed by atoms with van der Waals surface area (Å²) in [6.45, 7) is 2.49. The van der Waals surface area contributed by atoms with Gasteiger partial charge in [0.15, 0.2) is 6.10 Å². The minimum atomic E-state index is -0.505. The normalized spacial score (nSPS) is 19.6. The van der Waals surface area contributed by atoms with Crippen molar-refractivity contribution in [1.82, 2.24) is 0 Å². The van der Waals surface area contributed by atoms with Gasteiger partial charge in [0.1, 0.15) is 5.75 Å². The van der Waals surface area contributed by atoms with Gasteiger partial charge in [0.25, 0.3) is 0 Å². The number of esters is 1. The molecule has 1 fully saturated rings. The lowest BCUT2D eigenvalue weighted by atomic mass is 10.1. The molecule has 86 valence electrons. The molecule has 1 aromatic carbocycles. The lowest BCUT2D eigenvalue weighted by molar-refractivity contribution is -0.143. The van der Waals surface area contributed by atoms with Crippen LogP contribution in [0.4, 0.5) is 5.69 Å². The molecule has 1 saturated heterocycles. The zero-order valence-corrected chi connectivity index (χ0v) is 9.23. The Kier molecular flexibility index (Phi) is 2.99. The largest absolute Gasteiger partial charge is 0.476 e. The fraction of sp³-hybridized carbons (Fsp3) is 0.417. The monoisotopic (exact) mass is 221 g/mol. The second kappa shape index (κ2) is 4.43. The van der Waals surface area contributed by atoms with Crippen LogP contribution in [0.15, 0.2) is 18.2 Å². The Morgan fingerprint density at radius 2 is 2.38 bits per heavy atom. The predicted molar refractivity (Wildman–Crippen MR) is 60.2 cm³/mol. The Bertz CT molecular complexity index is 403. The van der Waals surface area contributed by atoms with Crippen molar-refractivity contribution in [2.75, 3.05) is 12.3 Å². The molecule has 0 aromatic heterocycles. The highest BCUT2D eigenvalue weighted by molar-refractivity contribution is 5.77. The first-order valence-corrected chi connectivity index (χ1v) is 5.42. The van der Waals surface area contributed by atoms with Crippen LogP contribution in [0.5, 0.6) is 5.75 Å². The summed E-state index contributed by atoms with van der Waals surface area (Å²) in [6.07, 6.45) is 1.01. The summed E-state index contributed by atoms with van der Waals surface area (Å²) in [5.41, 5.74) is 7.56. The summed E-state index contributed by atoms with van der Waals surface area (Å²) in [6, 6.07) is 5.63. The Labute approximate surface area is 94.3 Å². The molecule has 0 radical (unpaired) electrons. The van der Waals surface area contributed by atoms with E-state index in [4.69, 9.17) is 15.2 Å². The summed E-state index contributed by atoms with van der Waals surface area (Å²) in [4.78, 5) is 11.2. The van der Waals surface area contributed by atoms with Crippen molar-refractivity contribution in [2.45, 2.75) is 25.9 Å².